The van der Waals surface area contributed by atoms with Crippen LogP contribution in [0.1, 0.15) is 59.2 Å². The maximum atomic E-state index is 13.3. The average Bonchev–Trinajstić information content (AvgIpc) is 3.25. The normalized spacial score (nSPS) is 22.5. The number of anilines is 1. The molecule has 1 amide bonds. The number of hydrogen-bond acceptors (Lipinski definition) is 3. The second-order valence-electron chi connectivity index (χ2n) is 9.46. The predicted octanol–water partition coefficient (Wildman–Crippen LogP) is 4.34. The number of nitrogens with one attached hydrogen (secondary N) is 1. The smallest absolute Gasteiger partial charge is 0.227 e. The molecule has 1 N–H and O–H groups in total. The van der Waals surface area contributed by atoms with Gasteiger partial charge in [0.1, 0.15) is 0 Å². The third-order valence-electron chi connectivity index (χ3n) is 7.42. The molecule has 0 radical (unpaired) electrons. The van der Waals surface area contributed by atoms with Crippen molar-refractivity contribution in [3.8, 4) is 0 Å². The van der Waals surface area contributed by atoms with E-state index >= 15 is 0 Å². The van der Waals surface area contributed by atoms with E-state index in [-0.39, 0.29) is 11.8 Å². The zero-order chi connectivity index (χ0) is 21.2. The number of nitrogens with zero attached hydrogens (tertiary/aromatic N) is 1. The molecule has 3 aliphatic rings. The van der Waals surface area contributed by atoms with E-state index in [1.807, 2.05) is 4.90 Å². The molecule has 2 aliphatic heterocycles. The van der Waals surface area contributed by atoms with Crippen LogP contribution in [0.4, 0.5) is 5.69 Å². The van der Waals surface area contributed by atoms with Gasteiger partial charge in [0.2, 0.25) is 5.91 Å². The lowest BCUT2D eigenvalue weighted by Crippen LogP contribution is -2.33. The van der Waals surface area contributed by atoms with E-state index in [1.54, 1.807) is 0 Å². The third-order valence-corrected chi connectivity index (χ3v) is 7.42. The Kier molecular flexibility index (Phi) is 5.91. The molecule has 4 heteroatoms. The molecule has 0 aromatic heterocycles. The van der Waals surface area contributed by atoms with Crippen molar-refractivity contribution in [2.24, 2.45) is 11.8 Å². The van der Waals surface area contributed by atoms with Crippen LogP contribution in [0.25, 0.3) is 0 Å². The average molecular weight is 417 g/mol. The van der Waals surface area contributed by atoms with Gasteiger partial charge in [-0.05, 0) is 92.8 Å². The van der Waals surface area contributed by atoms with Crippen molar-refractivity contribution in [1.82, 2.24) is 5.32 Å². The predicted molar refractivity (Wildman–Crippen MR) is 124 cm³/mol. The summed E-state index contributed by atoms with van der Waals surface area (Å²) in [6, 6.07) is 14.8. The van der Waals surface area contributed by atoms with Gasteiger partial charge in [-0.1, -0.05) is 30.3 Å². The lowest BCUT2D eigenvalue weighted by molar-refractivity contribution is -0.118. The summed E-state index contributed by atoms with van der Waals surface area (Å²) in [6.07, 6.45) is 7.58. The van der Waals surface area contributed by atoms with Gasteiger partial charge in [-0.3, -0.25) is 9.59 Å². The Hall–Kier alpha value is -2.46. The molecule has 4 nitrogen and oxygen atoms in total. The van der Waals surface area contributed by atoms with E-state index in [2.05, 4.69) is 47.8 Å². The molecule has 1 aliphatic carbocycles. The molecule has 0 spiro atoms. The molecule has 2 aromatic carbocycles. The molecule has 2 heterocycles. The van der Waals surface area contributed by atoms with Gasteiger partial charge in [-0.15, -0.1) is 0 Å². The summed E-state index contributed by atoms with van der Waals surface area (Å²) in [7, 11) is 0. The topological polar surface area (TPSA) is 49.4 Å². The number of amides is 1. The Labute approximate surface area is 185 Å². The summed E-state index contributed by atoms with van der Waals surface area (Å²) >= 11 is 0. The molecule has 2 aromatic rings. The number of aryl methyl sites for hydroxylation is 1. The summed E-state index contributed by atoms with van der Waals surface area (Å²) in [6.45, 7) is 2.85. The molecule has 0 atom stereocenters. The first-order valence-electron chi connectivity index (χ1n) is 11.9. The van der Waals surface area contributed by atoms with E-state index < -0.39 is 0 Å². The van der Waals surface area contributed by atoms with Crippen molar-refractivity contribution in [2.75, 3.05) is 24.5 Å². The summed E-state index contributed by atoms with van der Waals surface area (Å²) < 4.78 is 0. The fourth-order valence-electron chi connectivity index (χ4n) is 5.65. The first kappa shape index (κ1) is 20.4. The second-order valence-corrected chi connectivity index (χ2v) is 9.46. The summed E-state index contributed by atoms with van der Waals surface area (Å²) in [5.41, 5.74) is 5.78. The van der Waals surface area contributed by atoms with Gasteiger partial charge < -0.3 is 10.2 Å². The minimum absolute atomic E-state index is 0.161. The van der Waals surface area contributed by atoms with Crippen molar-refractivity contribution in [1.29, 1.82) is 0 Å². The number of Topliss-reactive ketones (excluding diaryl/α,β-unsaturated/α-hetero) is 1. The Morgan fingerprint density at radius 1 is 0.968 bits per heavy atom. The lowest BCUT2D eigenvalue weighted by Gasteiger charge is -2.29. The molecular weight excluding hydrogens is 384 g/mol. The monoisotopic (exact) mass is 416 g/mol. The van der Waals surface area contributed by atoms with Crippen LogP contribution in [0, 0.1) is 11.8 Å². The number of benzene rings is 2. The third kappa shape index (κ3) is 4.31. The van der Waals surface area contributed by atoms with Gasteiger partial charge in [0.05, 0.1) is 5.69 Å². The fraction of sp³-hybridized carbons (Fsp3) is 0.481. The highest BCUT2D eigenvalue weighted by Gasteiger charge is 2.33. The molecule has 0 saturated heterocycles. The largest absolute Gasteiger partial charge is 0.316 e. The van der Waals surface area contributed by atoms with Crippen LogP contribution in [0.3, 0.4) is 0 Å². The SMILES string of the molecule is O=C1CCc2cc(C(=O)[C@H]3CC[C@H](CNCCc4ccccc4)CC3)cc3c2N1CC3. The number of rotatable bonds is 7. The van der Waals surface area contributed by atoms with Crippen LogP contribution in [0.5, 0.6) is 0 Å². The van der Waals surface area contributed by atoms with E-state index in [4.69, 9.17) is 0 Å². The van der Waals surface area contributed by atoms with Gasteiger partial charge in [0.25, 0.3) is 0 Å². The first-order chi connectivity index (χ1) is 15.2. The Bertz CT molecular complexity index is 961. The molecule has 0 unspecified atom stereocenters. The highest BCUT2D eigenvalue weighted by Crippen LogP contribution is 2.39. The van der Waals surface area contributed by atoms with Gasteiger partial charge >= 0.3 is 0 Å². The van der Waals surface area contributed by atoms with Gasteiger partial charge in [0.15, 0.2) is 5.78 Å². The summed E-state index contributed by atoms with van der Waals surface area (Å²) in [5.74, 6) is 1.40. The molecule has 1 saturated carbocycles. The highest BCUT2D eigenvalue weighted by atomic mass is 16.2. The van der Waals surface area contributed by atoms with Crippen molar-refractivity contribution in [3.63, 3.8) is 0 Å². The molecule has 31 heavy (non-hydrogen) atoms. The Morgan fingerprint density at radius 2 is 1.71 bits per heavy atom. The van der Waals surface area contributed by atoms with Crippen LogP contribution >= 0.6 is 0 Å². The number of ketones is 1. The molecule has 5 rings (SSSR count). The highest BCUT2D eigenvalue weighted by molar-refractivity contribution is 6.02. The lowest BCUT2D eigenvalue weighted by atomic mass is 9.78. The summed E-state index contributed by atoms with van der Waals surface area (Å²) in [5, 5.41) is 3.62. The Balaban J connectivity index is 1.13. The fourth-order valence-corrected chi connectivity index (χ4v) is 5.65. The second kappa shape index (κ2) is 8.96. The summed E-state index contributed by atoms with van der Waals surface area (Å²) in [4.78, 5) is 27.3. The van der Waals surface area contributed by atoms with E-state index in [1.165, 1.54) is 16.7 Å². The van der Waals surface area contributed by atoms with E-state index in [9.17, 15) is 9.59 Å². The Morgan fingerprint density at radius 3 is 2.48 bits per heavy atom. The molecule has 0 bridgehead atoms. The van der Waals surface area contributed by atoms with E-state index in [0.717, 1.165) is 75.8 Å². The van der Waals surface area contributed by atoms with E-state index in [0.29, 0.717) is 18.1 Å². The number of hydrogen-bond donors (Lipinski definition) is 1. The van der Waals surface area contributed by atoms with Gasteiger partial charge in [-0.25, -0.2) is 0 Å². The molecule has 1 fully saturated rings. The maximum Gasteiger partial charge on any atom is 0.227 e. The van der Waals surface area contributed by atoms with Crippen molar-refractivity contribution < 1.29 is 9.59 Å². The van der Waals surface area contributed by atoms with Crippen LogP contribution in [-0.4, -0.2) is 31.3 Å². The first-order valence-corrected chi connectivity index (χ1v) is 11.9. The molecule has 162 valence electrons. The quantitative estimate of drug-likeness (QED) is 0.539. The maximum absolute atomic E-state index is 13.3. The van der Waals surface area contributed by atoms with Crippen molar-refractivity contribution >= 4 is 17.4 Å². The van der Waals surface area contributed by atoms with Crippen molar-refractivity contribution in [3.05, 3.63) is 64.7 Å². The van der Waals surface area contributed by atoms with Gasteiger partial charge in [-0.2, -0.15) is 0 Å². The van der Waals surface area contributed by atoms with Crippen molar-refractivity contribution in [2.45, 2.75) is 51.4 Å². The minimum Gasteiger partial charge on any atom is -0.316 e. The van der Waals surface area contributed by atoms with Crippen LogP contribution in [-0.2, 0) is 24.1 Å². The van der Waals surface area contributed by atoms with Crippen LogP contribution < -0.4 is 10.2 Å². The zero-order valence-electron chi connectivity index (χ0n) is 18.2. The molecular formula is C27H32N2O2. The zero-order valence-corrected chi connectivity index (χ0v) is 18.2. The minimum atomic E-state index is 0.161. The van der Waals surface area contributed by atoms with Crippen LogP contribution in [0.2, 0.25) is 0 Å². The van der Waals surface area contributed by atoms with Gasteiger partial charge in [0, 0.05) is 24.4 Å². The number of carbonyl (C=O) groups excluding carboxylic acids is 2. The number of carbonyl (C=O) groups is 2. The van der Waals surface area contributed by atoms with Crippen LogP contribution in [0.15, 0.2) is 42.5 Å². The standard InChI is InChI=1S/C27H32N2O2/c30-25-11-10-22-16-24(17-23-13-15-29(25)26(22)23)27(31)21-8-6-20(7-9-21)18-28-14-12-19-4-2-1-3-5-19/h1-5,16-17,20-21,28H,6-15,18H2/t20-,21-.